The molecule has 2 aromatic heterocycles. The van der Waals surface area contributed by atoms with E-state index in [0.717, 1.165) is 29.7 Å². The summed E-state index contributed by atoms with van der Waals surface area (Å²) in [7, 11) is 0. The van der Waals surface area contributed by atoms with Crippen LogP contribution in [-0.4, -0.2) is 18.1 Å². The van der Waals surface area contributed by atoms with Gasteiger partial charge in [0.15, 0.2) is 5.58 Å². The topological polar surface area (TPSA) is 59.5 Å². The highest BCUT2D eigenvalue weighted by Gasteiger charge is 2.18. The third-order valence-corrected chi connectivity index (χ3v) is 5.33. The fourth-order valence-corrected chi connectivity index (χ4v) is 3.54. The van der Waals surface area contributed by atoms with Gasteiger partial charge in [0.1, 0.15) is 16.7 Å². The van der Waals surface area contributed by atoms with Gasteiger partial charge in [0.2, 0.25) is 5.89 Å². The Labute approximate surface area is 170 Å². The van der Waals surface area contributed by atoms with Gasteiger partial charge in [-0.3, -0.25) is 0 Å². The number of nitrogens with zero attached hydrogens (tertiary/aromatic N) is 2. The second-order valence-corrected chi connectivity index (χ2v) is 8.29. The van der Waals surface area contributed by atoms with Gasteiger partial charge < -0.3 is 13.7 Å². The van der Waals surface area contributed by atoms with Crippen LogP contribution in [-0.2, 0) is 5.41 Å². The van der Waals surface area contributed by atoms with Crippen molar-refractivity contribution in [2.45, 2.75) is 40.0 Å². The summed E-state index contributed by atoms with van der Waals surface area (Å²) in [6, 6.07) is 13.7. The maximum atomic E-state index is 12.7. The zero-order chi connectivity index (χ0) is 20.8. The fraction of sp³-hybridized carbons (Fsp3) is 0.333. The van der Waals surface area contributed by atoms with Crippen molar-refractivity contribution in [3.8, 4) is 11.5 Å². The Morgan fingerprint density at radius 2 is 1.69 bits per heavy atom. The molecule has 2 heterocycles. The largest absolute Gasteiger partial charge is 0.436 e. The van der Waals surface area contributed by atoms with E-state index in [9.17, 15) is 4.79 Å². The van der Waals surface area contributed by atoms with E-state index in [1.807, 2.05) is 36.4 Å². The van der Waals surface area contributed by atoms with Crippen molar-refractivity contribution >= 4 is 27.8 Å². The number of fused-ring (bicyclic) bond motifs is 2. The van der Waals surface area contributed by atoms with Crippen molar-refractivity contribution in [2.24, 2.45) is 0 Å². The van der Waals surface area contributed by atoms with Gasteiger partial charge in [0.25, 0.3) is 0 Å². The van der Waals surface area contributed by atoms with Gasteiger partial charge in [-0.15, -0.1) is 0 Å². The summed E-state index contributed by atoms with van der Waals surface area (Å²) >= 11 is 0. The van der Waals surface area contributed by atoms with E-state index in [0.29, 0.717) is 16.7 Å². The lowest BCUT2D eigenvalue weighted by Gasteiger charge is -2.20. The van der Waals surface area contributed by atoms with E-state index in [2.05, 4.69) is 44.5 Å². The predicted octanol–water partition coefficient (Wildman–Crippen LogP) is 5.74. The number of hydrogen-bond donors (Lipinski definition) is 0. The van der Waals surface area contributed by atoms with Crippen molar-refractivity contribution in [1.82, 2.24) is 4.98 Å². The van der Waals surface area contributed by atoms with E-state index in [1.165, 1.54) is 5.56 Å². The first-order valence-corrected chi connectivity index (χ1v) is 10.0. The van der Waals surface area contributed by atoms with Crippen molar-refractivity contribution in [3.05, 3.63) is 58.4 Å². The molecule has 4 rings (SSSR count). The molecule has 0 aliphatic rings. The standard InChI is InChI=1S/C24H26N2O3/c1-6-26(7-2)17-10-8-15-12-18(23(27)29-21(15)14-17)22-25-19-13-16(24(3,4)5)9-11-20(19)28-22/h8-14H,6-7H2,1-5H3. The van der Waals surface area contributed by atoms with E-state index < -0.39 is 5.63 Å². The van der Waals surface area contributed by atoms with Crippen molar-refractivity contribution < 1.29 is 8.83 Å². The molecule has 150 valence electrons. The average molecular weight is 390 g/mol. The number of oxazole rings is 1. The number of hydrogen-bond acceptors (Lipinski definition) is 5. The maximum Gasteiger partial charge on any atom is 0.349 e. The van der Waals surface area contributed by atoms with Crippen LogP contribution in [0.4, 0.5) is 5.69 Å². The number of anilines is 1. The molecular formula is C24H26N2O3. The molecule has 5 nitrogen and oxygen atoms in total. The monoisotopic (exact) mass is 390 g/mol. The third-order valence-electron chi connectivity index (χ3n) is 5.33. The lowest BCUT2D eigenvalue weighted by Crippen LogP contribution is -2.21. The van der Waals surface area contributed by atoms with E-state index in [4.69, 9.17) is 8.83 Å². The van der Waals surface area contributed by atoms with E-state index >= 15 is 0 Å². The van der Waals surface area contributed by atoms with Gasteiger partial charge in [0.05, 0.1) is 0 Å². The molecule has 5 heteroatoms. The van der Waals surface area contributed by atoms with Crippen LogP contribution in [0.15, 0.2) is 56.1 Å². The molecule has 29 heavy (non-hydrogen) atoms. The van der Waals surface area contributed by atoms with Gasteiger partial charge in [-0.05, 0) is 55.2 Å². The molecule has 2 aromatic carbocycles. The van der Waals surface area contributed by atoms with E-state index in [1.54, 1.807) is 6.07 Å². The normalized spacial score (nSPS) is 12.0. The first-order valence-electron chi connectivity index (χ1n) is 10.0. The third kappa shape index (κ3) is 3.53. The van der Waals surface area contributed by atoms with Crippen molar-refractivity contribution in [1.29, 1.82) is 0 Å². The molecule has 0 atom stereocenters. The number of aromatic nitrogens is 1. The summed E-state index contributed by atoms with van der Waals surface area (Å²) in [6.45, 7) is 12.4. The fourth-order valence-electron chi connectivity index (χ4n) is 3.54. The van der Waals surface area contributed by atoms with Gasteiger partial charge in [-0.2, -0.15) is 0 Å². The summed E-state index contributed by atoms with van der Waals surface area (Å²) in [4.78, 5) is 19.4. The molecule has 0 radical (unpaired) electrons. The number of benzene rings is 2. The molecule has 4 aromatic rings. The minimum atomic E-state index is -0.447. The Balaban J connectivity index is 1.80. The molecule has 0 saturated heterocycles. The molecule has 0 saturated carbocycles. The maximum absolute atomic E-state index is 12.7. The second kappa shape index (κ2) is 7.07. The zero-order valence-corrected chi connectivity index (χ0v) is 17.6. The molecule has 0 aliphatic carbocycles. The van der Waals surface area contributed by atoms with Crippen LogP contribution in [0.2, 0.25) is 0 Å². The Morgan fingerprint density at radius 1 is 0.931 bits per heavy atom. The van der Waals surface area contributed by atoms with Crippen LogP contribution >= 0.6 is 0 Å². The average Bonchev–Trinajstić information content (AvgIpc) is 3.10. The van der Waals surface area contributed by atoms with Crippen molar-refractivity contribution in [3.63, 3.8) is 0 Å². The lowest BCUT2D eigenvalue weighted by atomic mass is 9.87. The highest BCUT2D eigenvalue weighted by molar-refractivity contribution is 5.84. The lowest BCUT2D eigenvalue weighted by molar-refractivity contribution is 0.553. The minimum absolute atomic E-state index is 0.0118. The summed E-state index contributed by atoms with van der Waals surface area (Å²) in [5.41, 5.74) is 4.06. The van der Waals surface area contributed by atoms with Crippen LogP contribution in [0.1, 0.15) is 40.2 Å². The molecule has 0 unspecified atom stereocenters. The quantitative estimate of drug-likeness (QED) is 0.416. The predicted molar refractivity (Wildman–Crippen MR) is 118 cm³/mol. The molecule has 0 fully saturated rings. The Kier molecular flexibility index (Phi) is 4.69. The summed E-state index contributed by atoms with van der Waals surface area (Å²) in [6.07, 6.45) is 0. The van der Waals surface area contributed by atoms with Crippen LogP contribution < -0.4 is 10.5 Å². The van der Waals surface area contributed by atoms with Crippen LogP contribution in [0, 0.1) is 0 Å². The summed E-state index contributed by atoms with van der Waals surface area (Å²) < 4.78 is 11.5. The highest BCUT2D eigenvalue weighted by Crippen LogP contribution is 2.30. The molecule has 0 spiro atoms. The Hall–Kier alpha value is -3.08. The molecule has 0 bridgehead atoms. The first kappa shape index (κ1) is 19.2. The van der Waals surface area contributed by atoms with Gasteiger partial charge in [-0.25, -0.2) is 9.78 Å². The van der Waals surface area contributed by atoms with Crippen molar-refractivity contribution in [2.75, 3.05) is 18.0 Å². The molecule has 0 N–H and O–H groups in total. The van der Waals surface area contributed by atoms with Gasteiger partial charge in [-0.1, -0.05) is 26.8 Å². The minimum Gasteiger partial charge on any atom is -0.436 e. The molecule has 0 aliphatic heterocycles. The van der Waals surface area contributed by atoms with Gasteiger partial charge >= 0.3 is 5.63 Å². The Morgan fingerprint density at radius 3 is 2.38 bits per heavy atom. The van der Waals surface area contributed by atoms with Gasteiger partial charge in [0, 0.05) is 30.2 Å². The van der Waals surface area contributed by atoms with E-state index in [-0.39, 0.29) is 11.3 Å². The smallest absolute Gasteiger partial charge is 0.349 e. The highest BCUT2D eigenvalue weighted by atomic mass is 16.4. The Bertz CT molecular complexity index is 1240. The SMILES string of the molecule is CCN(CC)c1ccc2cc(-c3nc4cc(C(C)(C)C)ccc4o3)c(=O)oc2c1. The second-order valence-electron chi connectivity index (χ2n) is 8.29. The number of rotatable bonds is 4. The zero-order valence-electron chi connectivity index (χ0n) is 17.6. The van der Waals surface area contributed by atoms with Crippen LogP contribution in [0.5, 0.6) is 0 Å². The molecular weight excluding hydrogens is 364 g/mol. The summed E-state index contributed by atoms with van der Waals surface area (Å²) in [5.74, 6) is 0.287. The molecule has 0 amide bonds. The van der Waals surface area contributed by atoms with Crippen LogP contribution in [0.3, 0.4) is 0 Å². The van der Waals surface area contributed by atoms with Crippen LogP contribution in [0.25, 0.3) is 33.5 Å². The first-order chi connectivity index (χ1) is 13.8. The summed E-state index contributed by atoms with van der Waals surface area (Å²) in [5, 5.41) is 0.841.